The topological polar surface area (TPSA) is 81.0 Å². The number of hydrogen-bond acceptors (Lipinski definition) is 5. The summed E-state index contributed by atoms with van der Waals surface area (Å²) in [5.41, 5.74) is 0.943. The second-order valence-electron chi connectivity index (χ2n) is 5.10. The third-order valence-corrected chi connectivity index (χ3v) is 5.34. The molecule has 0 saturated heterocycles. The molecule has 0 fully saturated rings. The molecule has 0 bridgehead atoms. The standard InChI is InChI=1S/C15H14FN5O2S/c1-20-15(17-18-19-20)11-4-3-5-14(10-11)24(22,23)21(2)13-8-6-12(16)7-9-13/h3-10H,1-2H3. The Kier molecular flexibility index (Phi) is 4.02. The molecule has 0 radical (unpaired) electrons. The van der Waals surface area contributed by atoms with E-state index in [4.69, 9.17) is 0 Å². The lowest BCUT2D eigenvalue weighted by atomic mass is 10.2. The summed E-state index contributed by atoms with van der Waals surface area (Å²) >= 11 is 0. The van der Waals surface area contributed by atoms with Crippen LogP contribution in [0.5, 0.6) is 0 Å². The molecule has 0 amide bonds. The van der Waals surface area contributed by atoms with Crippen molar-refractivity contribution in [3.63, 3.8) is 0 Å². The number of sulfonamides is 1. The lowest BCUT2D eigenvalue weighted by molar-refractivity contribution is 0.594. The molecule has 0 aliphatic heterocycles. The molecule has 0 unspecified atom stereocenters. The first-order chi connectivity index (χ1) is 11.4. The van der Waals surface area contributed by atoms with E-state index in [0.29, 0.717) is 17.1 Å². The number of benzene rings is 2. The fraction of sp³-hybridized carbons (Fsp3) is 0.133. The molecule has 1 aromatic heterocycles. The van der Waals surface area contributed by atoms with E-state index >= 15 is 0 Å². The first-order valence-corrected chi connectivity index (χ1v) is 8.41. The zero-order chi connectivity index (χ0) is 17.3. The van der Waals surface area contributed by atoms with E-state index in [9.17, 15) is 12.8 Å². The van der Waals surface area contributed by atoms with Gasteiger partial charge in [0.1, 0.15) is 5.82 Å². The third-order valence-electron chi connectivity index (χ3n) is 3.56. The zero-order valence-electron chi connectivity index (χ0n) is 13.0. The Morgan fingerprint density at radius 1 is 1.12 bits per heavy atom. The number of rotatable bonds is 4. The molecule has 7 nitrogen and oxygen atoms in total. The maximum atomic E-state index is 13.0. The van der Waals surface area contributed by atoms with Crippen molar-refractivity contribution in [2.75, 3.05) is 11.4 Å². The Balaban J connectivity index is 2.01. The Labute approximate surface area is 138 Å². The second kappa shape index (κ2) is 6.00. The molecule has 0 atom stereocenters. The van der Waals surface area contributed by atoms with Crippen LogP contribution in [0.3, 0.4) is 0 Å². The average Bonchev–Trinajstić information content (AvgIpc) is 3.01. The van der Waals surface area contributed by atoms with Gasteiger partial charge in [0, 0.05) is 19.7 Å². The summed E-state index contributed by atoms with van der Waals surface area (Å²) in [5.74, 6) is 0.0258. The van der Waals surface area contributed by atoms with Gasteiger partial charge >= 0.3 is 0 Å². The van der Waals surface area contributed by atoms with Gasteiger partial charge in [-0.15, -0.1) is 5.10 Å². The summed E-state index contributed by atoms with van der Waals surface area (Å²) in [6, 6.07) is 11.6. The van der Waals surface area contributed by atoms with Crippen LogP contribution in [0.4, 0.5) is 10.1 Å². The molecule has 9 heteroatoms. The number of aromatic nitrogens is 4. The van der Waals surface area contributed by atoms with Crippen molar-refractivity contribution in [3.8, 4) is 11.4 Å². The Hall–Kier alpha value is -2.81. The maximum Gasteiger partial charge on any atom is 0.264 e. The van der Waals surface area contributed by atoms with E-state index in [1.54, 1.807) is 19.2 Å². The van der Waals surface area contributed by atoms with Gasteiger partial charge in [-0.05, 0) is 46.8 Å². The van der Waals surface area contributed by atoms with E-state index in [1.165, 1.54) is 48.1 Å². The molecule has 0 aliphatic rings. The van der Waals surface area contributed by atoms with Crippen LogP contribution in [-0.2, 0) is 17.1 Å². The lowest BCUT2D eigenvalue weighted by Gasteiger charge is -2.19. The van der Waals surface area contributed by atoms with Gasteiger partial charge in [-0.3, -0.25) is 4.31 Å². The third kappa shape index (κ3) is 2.85. The highest BCUT2D eigenvalue weighted by Gasteiger charge is 2.22. The van der Waals surface area contributed by atoms with Crippen molar-refractivity contribution in [2.24, 2.45) is 7.05 Å². The number of tetrazole rings is 1. The molecule has 0 spiro atoms. The number of anilines is 1. The highest BCUT2D eigenvalue weighted by molar-refractivity contribution is 7.92. The van der Waals surface area contributed by atoms with E-state index < -0.39 is 15.8 Å². The maximum absolute atomic E-state index is 13.0. The highest BCUT2D eigenvalue weighted by Crippen LogP contribution is 2.25. The quantitative estimate of drug-likeness (QED) is 0.719. The Morgan fingerprint density at radius 3 is 2.46 bits per heavy atom. The van der Waals surface area contributed by atoms with Gasteiger partial charge < -0.3 is 0 Å². The van der Waals surface area contributed by atoms with Crippen LogP contribution in [0.25, 0.3) is 11.4 Å². The van der Waals surface area contributed by atoms with Crippen LogP contribution in [0.15, 0.2) is 53.4 Å². The largest absolute Gasteiger partial charge is 0.269 e. The summed E-state index contributed by atoms with van der Waals surface area (Å²) in [6.45, 7) is 0. The first-order valence-electron chi connectivity index (χ1n) is 6.97. The van der Waals surface area contributed by atoms with Crippen molar-refractivity contribution in [1.82, 2.24) is 20.2 Å². The fourth-order valence-electron chi connectivity index (χ4n) is 2.22. The number of aryl methyl sites for hydroxylation is 1. The molecule has 2 aromatic carbocycles. The van der Waals surface area contributed by atoms with Crippen LogP contribution in [0.1, 0.15) is 0 Å². The minimum Gasteiger partial charge on any atom is -0.269 e. The lowest BCUT2D eigenvalue weighted by Crippen LogP contribution is -2.26. The molecule has 3 aromatic rings. The number of halogens is 1. The fourth-order valence-corrected chi connectivity index (χ4v) is 3.46. The highest BCUT2D eigenvalue weighted by atomic mass is 32.2. The van der Waals surface area contributed by atoms with Gasteiger partial charge in [0.05, 0.1) is 10.6 Å². The summed E-state index contributed by atoms with van der Waals surface area (Å²) in [4.78, 5) is 0.0924. The Morgan fingerprint density at radius 2 is 1.83 bits per heavy atom. The molecule has 124 valence electrons. The van der Waals surface area contributed by atoms with Crippen LogP contribution >= 0.6 is 0 Å². The normalized spacial score (nSPS) is 11.5. The Bertz CT molecular complexity index is 970. The second-order valence-corrected chi connectivity index (χ2v) is 7.07. The van der Waals surface area contributed by atoms with Gasteiger partial charge in [-0.25, -0.2) is 17.5 Å². The van der Waals surface area contributed by atoms with Crippen LogP contribution in [-0.4, -0.2) is 35.7 Å². The monoisotopic (exact) mass is 347 g/mol. The van der Waals surface area contributed by atoms with Crippen molar-refractivity contribution < 1.29 is 12.8 Å². The minimum absolute atomic E-state index is 0.0924. The van der Waals surface area contributed by atoms with E-state index in [0.717, 1.165) is 4.31 Å². The van der Waals surface area contributed by atoms with Crippen molar-refractivity contribution >= 4 is 15.7 Å². The van der Waals surface area contributed by atoms with Gasteiger partial charge in [-0.2, -0.15) is 0 Å². The molecule has 0 aliphatic carbocycles. The molecule has 0 N–H and O–H groups in total. The van der Waals surface area contributed by atoms with Gasteiger partial charge in [-0.1, -0.05) is 12.1 Å². The summed E-state index contributed by atoms with van der Waals surface area (Å²) in [5, 5.41) is 11.2. The predicted molar refractivity (Wildman–Crippen MR) is 86.2 cm³/mol. The van der Waals surface area contributed by atoms with Crippen LogP contribution in [0, 0.1) is 5.82 Å². The van der Waals surface area contributed by atoms with Crippen molar-refractivity contribution in [2.45, 2.75) is 4.90 Å². The average molecular weight is 347 g/mol. The molecular formula is C15H14FN5O2S. The van der Waals surface area contributed by atoms with Crippen LogP contribution in [0.2, 0.25) is 0 Å². The van der Waals surface area contributed by atoms with Gasteiger partial charge in [0.25, 0.3) is 10.0 Å². The van der Waals surface area contributed by atoms with Crippen LogP contribution < -0.4 is 4.31 Å². The van der Waals surface area contributed by atoms with Gasteiger partial charge in [0.15, 0.2) is 5.82 Å². The summed E-state index contributed by atoms with van der Waals surface area (Å²) in [7, 11) is -0.715. The smallest absolute Gasteiger partial charge is 0.264 e. The predicted octanol–water partition coefficient (Wildman–Crippen LogP) is 1.84. The van der Waals surface area contributed by atoms with Gasteiger partial charge in [0.2, 0.25) is 0 Å². The summed E-state index contributed by atoms with van der Waals surface area (Å²) < 4.78 is 41.2. The van der Waals surface area contributed by atoms with E-state index in [1.807, 2.05) is 0 Å². The number of nitrogens with zero attached hydrogens (tertiary/aromatic N) is 5. The van der Waals surface area contributed by atoms with E-state index in [-0.39, 0.29) is 4.90 Å². The minimum atomic E-state index is -3.80. The first kappa shape index (κ1) is 16.1. The molecular weight excluding hydrogens is 333 g/mol. The summed E-state index contributed by atoms with van der Waals surface area (Å²) in [6.07, 6.45) is 0. The number of hydrogen-bond donors (Lipinski definition) is 0. The SMILES string of the molecule is CN(c1ccc(F)cc1)S(=O)(=O)c1cccc(-c2nnnn2C)c1. The van der Waals surface area contributed by atoms with E-state index in [2.05, 4.69) is 15.5 Å². The van der Waals surface area contributed by atoms with Crippen molar-refractivity contribution in [1.29, 1.82) is 0 Å². The molecule has 1 heterocycles. The molecule has 3 rings (SSSR count). The zero-order valence-corrected chi connectivity index (χ0v) is 13.8. The molecule has 24 heavy (non-hydrogen) atoms. The molecule has 0 saturated carbocycles. The van der Waals surface area contributed by atoms with Crippen molar-refractivity contribution in [3.05, 3.63) is 54.3 Å².